The smallest absolute Gasteiger partial charge is 0.0797 e. The average Bonchev–Trinajstić information content (AvgIpc) is 2.17. The van der Waals surface area contributed by atoms with E-state index in [1.165, 1.54) is 25.7 Å². The predicted molar refractivity (Wildman–Crippen MR) is 72.5 cm³/mol. The monoisotopic (exact) mass is 226 g/mol. The SMILES string of the molecule is C=CC(C)(O)CCC[C@H](C)CCCC(C)C. The van der Waals surface area contributed by atoms with Crippen molar-refractivity contribution in [3.05, 3.63) is 12.7 Å². The summed E-state index contributed by atoms with van der Waals surface area (Å²) in [5.74, 6) is 1.62. The molecular weight excluding hydrogens is 196 g/mol. The van der Waals surface area contributed by atoms with Gasteiger partial charge >= 0.3 is 0 Å². The zero-order chi connectivity index (χ0) is 12.6. The summed E-state index contributed by atoms with van der Waals surface area (Å²) in [4.78, 5) is 0. The highest BCUT2D eigenvalue weighted by molar-refractivity contribution is 4.91. The zero-order valence-electron chi connectivity index (χ0n) is 11.6. The van der Waals surface area contributed by atoms with Crippen molar-refractivity contribution in [2.45, 2.75) is 71.8 Å². The molecule has 1 heteroatoms. The van der Waals surface area contributed by atoms with E-state index in [0.717, 1.165) is 24.7 Å². The number of hydrogen-bond donors (Lipinski definition) is 1. The topological polar surface area (TPSA) is 20.2 Å². The molecule has 0 rings (SSSR count). The van der Waals surface area contributed by atoms with Gasteiger partial charge in [-0.2, -0.15) is 0 Å². The minimum atomic E-state index is -0.669. The Morgan fingerprint density at radius 1 is 1.12 bits per heavy atom. The van der Waals surface area contributed by atoms with Gasteiger partial charge in [-0.15, -0.1) is 6.58 Å². The van der Waals surface area contributed by atoms with Crippen molar-refractivity contribution in [1.29, 1.82) is 0 Å². The molecule has 0 aromatic carbocycles. The molecule has 16 heavy (non-hydrogen) atoms. The Hall–Kier alpha value is -0.300. The molecule has 0 bridgehead atoms. The van der Waals surface area contributed by atoms with Crippen LogP contribution in [0.2, 0.25) is 0 Å². The first kappa shape index (κ1) is 15.7. The Kier molecular flexibility index (Phi) is 7.74. The Bertz CT molecular complexity index is 182. The van der Waals surface area contributed by atoms with Crippen molar-refractivity contribution in [3.63, 3.8) is 0 Å². The van der Waals surface area contributed by atoms with Gasteiger partial charge in [0.25, 0.3) is 0 Å². The third-order valence-corrected chi connectivity index (χ3v) is 3.30. The van der Waals surface area contributed by atoms with Crippen molar-refractivity contribution in [2.75, 3.05) is 0 Å². The Balaban J connectivity index is 3.50. The van der Waals surface area contributed by atoms with Gasteiger partial charge < -0.3 is 5.11 Å². The summed E-state index contributed by atoms with van der Waals surface area (Å²) >= 11 is 0. The Labute approximate surface area is 102 Å². The van der Waals surface area contributed by atoms with E-state index in [4.69, 9.17) is 0 Å². The first-order valence-corrected chi connectivity index (χ1v) is 6.73. The van der Waals surface area contributed by atoms with E-state index < -0.39 is 5.60 Å². The van der Waals surface area contributed by atoms with Gasteiger partial charge in [0.05, 0.1) is 5.60 Å². The number of hydrogen-bond acceptors (Lipinski definition) is 1. The van der Waals surface area contributed by atoms with Crippen LogP contribution in [0.15, 0.2) is 12.7 Å². The molecule has 1 N–H and O–H groups in total. The molecule has 0 aromatic heterocycles. The molecule has 0 aliphatic carbocycles. The maximum absolute atomic E-state index is 9.77. The molecule has 96 valence electrons. The molecule has 1 unspecified atom stereocenters. The van der Waals surface area contributed by atoms with Crippen molar-refractivity contribution < 1.29 is 5.11 Å². The lowest BCUT2D eigenvalue weighted by molar-refractivity contribution is 0.0974. The summed E-state index contributed by atoms with van der Waals surface area (Å²) in [5.41, 5.74) is -0.669. The summed E-state index contributed by atoms with van der Waals surface area (Å²) in [6.07, 6.45) is 8.82. The number of aliphatic hydroxyl groups is 1. The molecule has 2 atom stereocenters. The highest BCUT2D eigenvalue weighted by atomic mass is 16.3. The van der Waals surface area contributed by atoms with Crippen LogP contribution in [0, 0.1) is 11.8 Å². The second-order valence-corrected chi connectivity index (χ2v) is 5.88. The molecule has 1 nitrogen and oxygen atoms in total. The van der Waals surface area contributed by atoms with Crippen molar-refractivity contribution in [2.24, 2.45) is 11.8 Å². The van der Waals surface area contributed by atoms with Gasteiger partial charge in [-0.1, -0.05) is 59.0 Å². The minimum absolute atomic E-state index is 0.669. The maximum Gasteiger partial charge on any atom is 0.0797 e. The summed E-state index contributed by atoms with van der Waals surface area (Å²) < 4.78 is 0. The minimum Gasteiger partial charge on any atom is -0.386 e. The third-order valence-electron chi connectivity index (χ3n) is 3.30. The van der Waals surface area contributed by atoms with E-state index in [9.17, 15) is 5.11 Å². The molecule has 0 spiro atoms. The third kappa shape index (κ3) is 8.96. The van der Waals surface area contributed by atoms with Crippen LogP contribution in [0.1, 0.15) is 66.2 Å². The van der Waals surface area contributed by atoms with E-state index in [0.29, 0.717) is 0 Å². The fraction of sp³-hybridized carbons (Fsp3) is 0.867. The second-order valence-electron chi connectivity index (χ2n) is 5.88. The lowest BCUT2D eigenvalue weighted by atomic mass is 9.92. The van der Waals surface area contributed by atoms with Crippen LogP contribution in [0.4, 0.5) is 0 Å². The predicted octanol–water partition coefficient (Wildman–Crippen LogP) is 4.56. The van der Waals surface area contributed by atoms with Crippen LogP contribution in [-0.2, 0) is 0 Å². The van der Waals surface area contributed by atoms with Crippen molar-refractivity contribution in [3.8, 4) is 0 Å². The first-order chi connectivity index (χ1) is 7.37. The van der Waals surface area contributed by atoms with Crippen LogP contribution in [-0.4, -0.2) is 10.7 Å². The van der Waals surface area contributed by atoms with E-state index in [-0.39, 0.29) is 0 Å². The summed E-state index contributed by atoms with van der Waals surface area (Å²) in [6.45, 7) is 12.4. The summed E-state index contributed by atoms with van der Waals surface area (Å²) in [7, 11) is 0. The Morgan fingerprint density at radius 3 is 2.19 bits per heavy atom. The molecule has 0 amide bonds. The van der Waals surface area contributed by atoms with E-state index in [1.807, 2.05) is 6.92 Å². The Morgan fingerprint density at radius 2 is 1.69 bits per heavy atom. The fourth-order valence-electron chi connectivity index (χ4n) is 1.93. The molecule has 0 aliphatic heterocycles. The van der Waals surface area contributed by atoms with Crippen LogP contribution in [0.3, 0.4) is 0 Å². The highest BCUT2D eigenvalue weighted by Gasteiger charge is 2.15. The van der Waals surface area contributed by atoms with Gasteiger partial charge in [0.15, 0.2) is 0 Å². The van der Waals surface area contributed by atoms with E-state index in [2.05, 4.69) is 27.4 Å². The van der Waals surface area contributed by atoms with Crippen LogP contribution in [0.25, 0.3) is 0 Å². The van der Waals surface area contributed by atoms with Crippen molar-refractivity contribution in [1.82, 2.24) is 0 Å². The van der Waals surface area contributed by atoms with Crippen LogP contribution in [0.5, 0.6) is 0 Å². The molecule has 0 radical (unpaired) electrons. The standard InChI is InChI=1S/C15H30O/c1-6-15(5,16)12-8-11-14(4)10-7-9-13(2)3/h6,13-14,16H,1,7-12H2,2-5H3/t14-,15?/m1/s1. The average molecular weight is 226 g/mol. The normalized spacial score (nSPS) is 17.1. The van der Waals surface area contributed by atoms with Gasteiger partial charge in [0.1, 0.15) is 0 Å². The van der Waals surface area contributed by atoms with Gasteiger partial charge in [0.2, 0.25) is 0 Å². The molecule has 0 fully saturated rings. The van der Waals surface area contributed by atoms with Gasteiger partial charge in [-0.05, 0) is 25.2 Å². The van der Waals surface area contributed by atoms with E-state index >= 15 is 0 Å². The molecule has 0 aromatic rings. The lowest BCUT2D eigenvalue weighted by Crippen LogP contribution is -2.20. The van der Waals surface area contributed by atoms with Gasteiger partial charge in [-0.25, -0.2) is 0 Å². The number of rotatable bonds is 9. The molecular formula is C15H30O. The second kappa shape index (κ2) is 7.89. The van der Waals surface area contributed by atoms with Crippen LogP contribution >= 0.6 is 0 Å². The quantitative estimate of drug-likeness (QED) is 0.572. The molecule has 0 heterocycles. The summed E-state index contributed by atoms with van der Waals surface area (Å²) in [5, 5.41) is 9.77. The largest absolute Gasteiger partial charge is 0.386 e. The van der Waals surface area contributed by atoms with Gasteiger partial charge in [0, 0.05) is 0 Å². The molecule has 0 aliphatic rings. The first-order valence-electron chi connectivity index (χ1n) is 6.73. The molecule has 0 saturated carbocycles. The molecule has 0 saturated heterocycles. The van der Waals surface area contributed by atoms with Crippen molar-refractivity contribution >= 4 is 0 Å². The maximum atomic E-state index is 9.77. The summed E-state index contributed by atoms with van der Waals surface area (Å²) in [6, 6.07) is 0. The zero-order valence-corrected chi connectivity index (χ0v) is 11.6. The van der Waals surface area contributed by atoms with Gasteiger partial charge in [-0.3, -0.25) is 0 Å². The lowest BCUT2D eigenvalue weighted by Gasteiger charge is -2.19. The van der Waals surface area contributed by atoms with E-state index in [1.54, 1.807) is 6.08 Å². The van der Waals surface area contributed by atoms with Crippen LogP contribution < -0.4 is 0 Å². The highest BCUT2D eigenvalue weighted by Crippen LogP contribution is 2.21. The fourth-order valence-corrected chi connectivity index (χ4v) is 1.93.